The van der Waals surface area contributed by atoms with Gasteiger partial charge in [-0.3, -0.25) is 9.59 Å². The molecular weight excluding hydrogens is 404 g/mol. The number of benzene rings is 1. The van der Waals surface area contributed by atoms with Gasteiger partial charge in [0.15, 0.2) is 9.84 Å². The smallest absolute Gasteiger partial charge is 0.230 e. The molecule has 0 unspecified atom stereocenters. The van der Waals surface area contributed by atoms with E-state index in [0.717, 1.165) is 29.9 Å². The van der Waals surface area contributed by atoms with E-state index >= 15 is 0 Å². The normalized spacial score (nSPS) is 16.9. The molecule has 1 aliphatic heterocycles. The summed E-state index contributed by atoms with van der Waals surface area (Å²) in [6.45, 7) is 2.54. The zero-order valence-corrected chi connectivity index (χ0v) is 17.8. The number of furan rings is 1. The van der Waals surface area contributed by atoms with Crippen LogP contribution in [-0.2, 0) is 32.3 Å². The van der Waals surface area contributed by atoms with Crippen LogP contribution in [0, 0.1) is 5.92 Å². The summed E-state index contributed by atoms with van der Waals surface area (Å²) in [5, 5.41) is 1.90. The molecule has 1 aliphatic carbocycles. The topological polar surface area (TPSA) is 96.7 Å². The summed E-state index contributed by atoms with van der Waals surface area (Å²) in [4.78, 5) is 26.6. The third-order valence-corrected chi connectivity index (χ3v) is 7.88. The van der Waals surface area contributed by atoms with E-state index in [2.05, 4.69) is 5.32 Å². The van der Waals surface area contributed by atoms with Crippen LogP contribution in [0.25, 0.3) is 0 Å². The number of nitrogens with one attached hydrogen (secondary N) is 1. The Morgan fingerprint density at radius 2 is 2.07 bits per heavy atom. The molecule has 1 aromatic carbocycles. The molecule has 1 aromatic heterocycles. The predicted molar refractivity (Wildman–Crippen MR) is 112 cm³/mol. The minimum Gasteiger partial charge on any atom is -0.469 e. The Balaban J connectivity index is 1.37. The number of hydrogen-bond donors (Lipinski definition) is 1. The van der Waals surface area contributed by atoms with E-state index in [0.29, 0.717) is 25.9 Å². The molecule has 30 heavy (non-hydrogen) atoms. The maximum atomic E-state index is 13.0. The van der Waals surface area contributed by atoms with Crippen LogP contribution in [0.4, 0.5) is 5.69 Å². The summed E-state index contributed by atoms with van der Waals surface area (Å²) < 4.78 is 31.2. The molecule has 0 saturated heterocycles. The maximum absolute atomic E-state index is 13.0. The van der Waals surface area contributed by atoms with E-state index in [1.165, 1.54) is 0 Å². The van der Waals surface area contributed by atoms with Gasteiger partial charge in [-0.15, -0.1) is 0 Å². The molecule has 160 valence electrons. The molecule has 1 N–H and O–H groups in total. The van der Waals surface area contributed by atoms with Gasteiger partial charge >= 0.3 is 0 Å². The Hall–Kier alpha value is -2.61. The highest BCUT2D eigenvalue weighted by atomic mass is 32.2. The monoisotopic (exact) mass is 430 g/mol. The van der Waals surface area contributed by atoms with Crippen molar-refractivity contribution in [3.63, 3.8) is 0 Å². The Bertz CT molecular complexity index is 1040. The van der Waals surface area contributed by atoms with Crippen molar-refractivity contribution in [3.05, 3.63) is 47.9 Å². The third-order valence-electron chi connectivity index (χ3n) is 5.74. The fourth-order valence-electron chi connectivity index (χ4n) is 3.79. The van der Waals surface area contributed by atoms with E-state index in [4.69, 9.17) is 4.42 Å². The Morgan fingerprint density at radius 1 is 1.27 bits per heavy atom. The van der Waals surface area contributed by atoms with Crippen LogP contribution in [0.2, 0.25) is 0 Å². The van der Waals surface area contributed by atoms with Gasteiger partial charge in [0, 0.05) is 37.5 Å². The molecule has 1 fully saturated rings. The van der Waals surface area contributed by atoms with E-state index in [-0.39, 0.29) is 29.0 Å². The first-order valence-corrected chi connectivity index (χ1v) is 11.9. The number of hydrogen-bond acceptors (Lipinski definition) is 5. The fraction of sp³-hybridized carbons (Fsp3) is 0.455. The number of nitrogens with zero attached hydrogens (tertiary/aromatic N) is 1. The highest BCUT2D eigenvalue weighted by Gasteiger charge is 2.37. The van der Waals surface area contributed by atoms with Crippen molar-refractivity contribution in [2.75, 3.05) is 18.0 Å². The summed E-state index contributed by atoms with van der Waals surface area (Å²) in [5.41, 5.74) is 1.69. The first-order valence-electron chi connectivity index (χ1n) is 10.3. The predicted octanol–water partition coefficient (Wildman–Crippen LogP) is 2.49. The minimum absolute atomic E-state index is 0.107. The summed E-state index contributed by atoms with van der Waals surface area (Å²) >= 11 is 0. The standard InChI is InChI=1S/C22H26N2O5S/c1-15(13-21(25)23-10-8-18-3-2-12-29-18)30(27,28)19-6-7-20-17(14-19)9-11-24(20)22(26)16-4-5-16/h2-3,6-7,12,14-16H,4-5,8-11,13H2,1H3,(H,23,25)/t15-/m1/s1. The summed E-state index contributed by atoms with van der Waals surface area (Å²) in [6.07, 6.45) is 4.56. The van der Waals surface area contributed by atoms with Crippen molar-refractivity contribution < 1.29 is 22.4 Å². The zero-order valence-electron chi connectivity index (χ0n) is 17.0. The number of rotatable bonds is 8. The molecule has 1 atom stereocenters. The molecule has 0 spiro atoms. The maximum Gasteiger partial charge on any atom is 0.230 e. The molecule has 1 saturated carbocycles. The van der Waals surface area contributed by atoms with Gasteiger partial charge in [0.1, 0.15) is 5.76 Å². The average molecular weight is 431 g/mol. The van der Waals surface area contributed by atoms with Crippen LogP contribution >= 0.6 is 0 Å². The molecule has 2 heterocycles. The second-order valence-electron chi connectivity index (χ2n) is 8.04. The van der Waals surface area contributed by atoms with Crippen LogP contribution in [0.5, 0.6) is 0 Å². The van der Waals surface area contributed by atoms with E-state index < -0.39 is 15.1 Å². The van der Waals surface area contributed by atoms with Gasteiger partial charge in [-0.05, 0) is 62.1 Å². The highest BCUT2D eigenvalue weighted by molar-refractivity contribution is 7.92. The van der Waals surface area contributed by atoms with E-state index in [1.807, 2.05) is 6.07 Å². The minimum atomic E-state index is -3.65. The van der Waals surface area contributed by atoms with Gasteiger partial charge in [-0.25, -0.2) is 8.42 Å². The Kier molecular flexibility index (Phi) is 5.69. The molecule has 2 aromatic rings. The number of carbonyl (C=O) groups is 2. The lowest BCUT2D eigenvalue weighted by Gasteiger charge is -2.18. The van der Waals surface area contributed by atoms with Crippen molar-refractivity contribution in [1.29, 1.82) is 0 Å². The number of fused-ring (bicyclic) bond motifs is 1. The Labute approximate surface area is 176 Å². The van der Waals surface area contributed by atoms with Crippen LogP contribution in [0.3, 0.4) is 0 Å². The molecule has 8 heteroatoms. The number of carbonyl (C=O) groups excluding carboxylic acids is 2. The first-order chi connectivity index (χ1) is 14.4. The molecular formula is C22H26N2O5S. The lowest BCUT2D eigenvalue weighted by atomic mass is 10.2. The lowest BCUT2D eigenvalue weighted by Crippen LogP contribution is -2.31. The van der Waals surface area contributed by atoms with Crippen molar-refractivity contribution in [1.82, 2.24) is 5.32 Å². The summed E-state index contributed by atoms with van der Waals surface area (Å²) in [7, 11) is -3.65. The SMILES string of the molecule is C[C@H](CC(=O)NCCc1ccco1)S(=O)(=O)c1ccc2c(c1)CCN2C(=O)C1CC1. The van der Waals surface area contributed by atoms with Gasteiger partial charge in [0.05, 0.1) is 16.4 Å². The number of anilines is 1. The third kappa shape index (κ3) is 4.28. The molecule has 2 aliphatic rings. The van der Waals surface area contributed by atoms with Crippen molar-refractivity contribution in [3.8, 4) is 0 Å². The van der Waals surface area contributed by atoms with E-state index in [9.17, 15) is 18.0 Å². The molecule has 2 amide bonds. The Morgan fingerprint density at radius 3 is 2.77 bits per heavy atom. The van der Waals surface area contributed by atoms with Crippen molar-refractivity contribution in [2.24, 2.45) is 5.92 Å². The average Bonchev–Trinajstić information content (AvgIpc) is 3.28. The molecule has 7 nitrogen and oxygen atoms in total. The van der Waals surface area contributed by atoms with Crippen LogP contribution in [0.15, 0.2) is 45.9 Å². The summed E-state index contributed by atoms with van der Waals surface area (Å²) in [5.74, 6) is 0.734. The highest BCUT2D eigenvalue weighted by Crippen LogP contribution is 2.37. The van der Waals surface area contributed by atoms with Gasteiger partial charge in [-0.1, -0.05) is 0 Å². The van der Waals surface area contributed by atoms with Gasteiger partial charge in [0.25, 0.3) is 0 Å². The lowest BCUT2D eigenvalue weighted by molar-refractivity contribution is -0.121. The second-order valence-corrected chi connectivity index (χ2v) is 10.4. The van der Waals surface area contributed by atoms with E-state index in [1.54, 1.807) is 42.4 Å². The first kappa shape index (κ1) is 20.7. The van der Waals surface area contributed by atoms with Crippen LogP contribution in [0.1, 0.15) is 37.5 Å². The largest absolute Gasteiger partial charge is 0.469 e. The van der Waals surface area contributed by atoms with Crippen molar-refractivity contribution in [2.45, 2.75) is 49.2 Å². The van der Waals surface area contributed by atoms with Gasteiger partial charge < -0.3 is 14.6 Å². The molecule has 4 rings (SSSR count). The molecule has 0 radical (unpaired) electrons. The number of sulfone groups is 1. The zero-order chi connectivity index (χ0) is 21.3. The van der Waals surface area contributed by atoms with Crippen molar-refractivity contribution >= 4 is 27.3 Å². The quantitative estimate of drug-likeness (QED) is 0.694. The fourth-order valence-corrected chi connectivity index (χ4v) is 5.19. The van der Waals surface area contributed by atoms with Gasteiger partial charge in [0.2, 0.25) is 11.8 Å². The van der Waals surface area contributed by atoms with Crippen LogP contribution < -0.4 is 10.2 Å². The number of amides is 2. The molecule has 0 bridgehead atoms. The van der Waals surface area contributed by atoms with Crippen LogP contribution in [-0.4, -0.2) is 38.6 Å². The van der Waals surface area contributed by atoms with Gasteiger partial charge in [-0.2, -0.15) is 0 Å². The second kappa shape index (κ2) is 8.26. The summed E-state index contributed by atoms with van der Waals surface area (Å²) in [6, 6.07) is 8.55.